The highest BCUT2D eigenvalue weighted by atomic mass is 16.5. The molecule has 15 heavy (non-hydrogen) atoms. The highest BCUT2D eigenvalue weighted by Gasteiger charge is 2.07. The van der Waals surface area contributed by atoms with E-state index >= 15 is 0 Å². The van der Waals surface area contributed by atoms with Crippen LogP contribution in [0.25, 0.3) is 0 Å². The second-order valence-electron chi connectivity index (χ2n) is 3.80. The molecule has 0 radical (unpaired) electrons. The van der Waals surface area contributed by atoms with Crippen LogP contribution in [0.4, 0.5) is 0 Å². The number of ether oxygens (including phenoxy) is 1. The minimum Gasteiger partial charge on any atom is -0.477 e. The molecule has 1 rings (SSSR count). The summed E-state index contributed by atoms with van der Waals surface area (Å²) < 4.78 is 5.48. The normalized spacial score (nSPS) is 10.3. The molecule has 0 unspecified atom stereocenters. The van der Waals surface area contributed by atoms with Crippen molar-refractivity contribution in [3.63, 3.8) is 0 Å². The first-order chi connectivity index (χ1) is 7.11. The predicted octanol–water partition coefficient (Wildman–Crippen LogP) is 1.79. The topological polar surface area (TPSA) is 72.0 Å². The number of pyridine rings is 1. The summed E-state index contributed by atoms with van der Waals surface area (Å²) in [5, 5.41) is 7.35. The molecule has 4 heteroatoms. The SMILES string of the molecule is CC(C)CCOc1ncccc1C(=N)N. The van der Waals surface area contributed by atoms with Crippen LogP contribution in [0.1, 0.15) is 25.8 Å². The van der Waals surface area contributed by atoms with Crippen molar-refractivity contribution < 1.29 is 4.74 Å². The van der Waals surface area contributed by atoms with Crippen molar-refractivity contribution in [2.45, 2.75) is 20.3 Å². The molecule has 1 aromatic heterocycles. The maximum atomic E-state index is 7.35. The van der Waals surface area contributed by atoms with Crippen LogP contribution < -0.4 is 10.5 Å². The Morgan fingerprint density at radius 3 is 2.93 bits per heavy atom. The number of nitrogens with zero attached hydrogens (tertiary/aromatic N) is 1. The van der Waals surface area contributed by atoms with E-state index in [4.69, 9.17) is 15.9 Å². The van der Waals surface area contributed by atoms with E-state index in [9.17, 15) is 0 Å². The van der Waals surface area contributed by atoms with Crippen LogP contribution in [-0.2, 0) is 0 Å². The Morgan fingerprint density at radius 1 is 1.60 bits per heavy atom. The van der Waals surface area contributed by atoms with E-state index in [2.05, 4.69) is 18.8 Å². The zero-order valence-electron chi connectivity index (χ0n) is 9.16. The van der Waals surface area contributed by atoms with Crippen molar-refractivity contribution in [2.24, 2.45) is 11.7 Å². The zero-order chi connectivity index (χ0) is 11.3. The molecule has 0 aliphatic heterocycles. The van der Waals surface area contributed by atoms with Gasteiger partial charge in [-0.05, 0) is 24.5 Å². The molecule has 1 heterocycles. The lowest BCUT2D eigenvalue weighted by molar-refractivity contribution is 0.279. The predicted molar refractivity (Wildman–Crippen MR) is 60.2 cm³/mol. The van der Waals surface area contributed by atoms with Crippen LogP contribution in [0.3, 0.4) is 0 Å². The Hall–Kier alpha value is -1.58. The van der Waals surface area contributed by atoms with E-state index in [0.29, 0.717) is 24.0 Å². The van der Waals surface area contributed by atoms with Gasteiger partial charge in [0.1, 0.15) is 5.84 Å². The maximum Gasteiger partial charge on any atom is 0.224 e. The third kappa shape index (κ3) is 3.58. The first-order valence-electron chi connectivity index (χ1n) is 5.03. The molecule has 1 aromatic rings. The quantitative estimate of drug-likeness (QED) is 0.571. The average Bonchev–Trinajstić information content (AvgIpc) is 2.17. The summed E-state index contributed by atoms with van der Waals surface area (Å²) in [5.41, 5.74) is 5.97. The van der Waals surface area contributed by atoms with E-state index in [1.165, 1.54) is 0 Å². The van der Waals surface area contributed by atoms with Gasteiger partial charge in [0.05, 0.1) is 12.2 Å². The lowest BCUT2D eigenvalue weighted by Gasteiger charge is -2.09. The fraction of sp³-hybridized carbons (Fsp3) is 0.455. The van der Waals surface area contributed by atoms with Gasteiger partial charge >= 0.3 is 0 Å². The van der Waals surface area contributed by atoms with Gasteiger partial charge in [0.2, 0.25) is 5.88 Å². The third-order valence-electron chi connectivity index (χ3n) is 2.00. The van der Waals surface area contributed by atoms with Crippen LogP contribution in [0, 0.1) is 11.3 Å². The Morgan fingerprint density at radius 2 is 2.33 bits per heavy atom. The highest BCUT2D eigenvalue weighted by molar-refractivity contribution is 5.96. The summed E-state index contributed by atoms with van der Waals surface area (Å²) in [6.07, 6.45) is 2.60. The van der Waals surface area contributed by atoms with Crippen LogP contribution >= 0.6 is 0 Å². The fourth-order valence-electron chi connectivity index (χ4n) is 1.10. The van der Waals surface area contributed by atoms with Gasteiger partial charge in [0.15, 0.2) is 0 Å². The summed E-state index contributed by atoms with van der Waals surface area (Å²) in [7, 11) is 0. The van der Waals surface area contributed by atoms with Crippen LogP contribution in [0.5, 0.6) is 5.88 Å². The Bertz CT molecular complexity index is 336. The maximum absolute atomic E-state index is 7.35. The molecule has 0 fully saturated rings. The van der Waals surface area contributed by atoms with E-state index in [1.54, 1.807) is 18.3 Å². The Kier molecular flexibility index (Phi) is 4.09. The second-order valence-corrected chi connectivity index (χ2v) is 3.80. The number of hydrogen-bond donors (Lipinski definition) is 2. The van der Waals surface area contributed by atoms with Gasteiger partial charge in [0, 0.05) is 6.20 Å². The number of nitrogens with two attached hydrogens (primary N) is 1. The van der Waals surface area contributed by atoms with Crippen molar-refractivity contribution in [3.8, 4) is 5.88 Å². The molecule has 0 spiro atoms. The van der Waals surface area contributed by atoms with Gasteiger partial charge in [-0.15, -0.1) is 0 Å². The molecular weight excluding hydrogens is 190 g/mol. The summed E-state index contributed by atoms with van der Waals surface area (Å²) in [6.45, 7) is 4.87. The lowest BCUT2D eigenvalue weighted by Crippen LogP contribution is -2.14. The fourth-order valence-corrected chi connectivity index (χ4v) is 1.10. The second kappa shape index (κ2) is 5.34. The first kappa shape index (κ1) is 11.5. The summed E-state index contributed by atoms with van der Waals surface area (Å²) in [4.78, 5) is 4.05. The standard InChI is InChI=1S/C11H17N3O/c1-8(2)5-7-15-11-9(10(12)13)4-3-6-14-11/h3-4,6,8H,5,7H2,1-2H3,(H3,12,13). The van der Waals surface area contributed by atoms with Crippen molar-refractivity contribution in [1.29, 1.82) is 5.41 Å². The van der Waals surface area contributed by atoms with Crippen LogP contribution in [0.15, 0.2) is 18.3 Å². The van der Waals surface area contributed by atoms with Crippen molar-refractivity contribution in [2.75, 3.05) is 6.61 Å². The Balaban J connectivity index is 2.63. The molecule has 0 aliphatic rings. The van der Waals surface area contributed by atoms with Gasteiger partial charge in [-0.2, -0.15) is 0 Å². The smallest absolute Gasteiger partial charge is 0.224 e. The minimum atomic E-state index is -0.0114. The summed E-state index contributed by atoms with van der Waals surface area (Å²) in [6, 6.07) is 3.48. The van der Waals surface area contributed by atoms with Gasteiger partial charge in [-0.25, -0.2) is 4.98 Å². The van der Waals surface area contributed by atoms with E-state index < -0.39 is 0 Å². The number of nitrogens with one attached hydrogen (secondary N) is 1. The van der Waals surface area contributed by atoms with E-state index in [0.717, 1.165) is 6.42 Å². The van der Waals surface area contributed by atoms with E-state index in [1.807, 2.05) is 0 Å². The van der Waals surface area contributed by atoms with Crippen molar-refractivity contribution >= 4 is 5.84 Å². The monoisotopic (exact) mass is 207 g/mol. The first-order valence-corrected chi connectivity index (χ1v) is 5.03. The van der Waals surface area contributed by atoms with Crippen LogP contribution in [0.2, 0.25) is 0 Å². The van der Waals surface area contributed by atoms with Crippen molar-refractivity contribution in [1.82, 2.24) is 4.98 Å². The van der Waals surface area contributed by atoms with Gasteiger partial charge < -0.3 is 10.5 Å². The molecule has 0 aliphatic carbocycles. The summed E-state index contributed by atoms with van der Waals surface area (Å²) >= 11 is 0. The van der Waals surface area contributed by atoms with Gasteiger partial charge in [0.25, 0.3) is 0 Å². The molecule has 82 valence electrons. The number of rotatable bonds is 5. The molecule has 0 aromatic carbocycles. The zero-order valence-corrected chi connectivity index (χ0v) is 9.16. The number of aromatic nitrogens is 1. The third-order valence-corrected chi connectivity index (χ3v) is 2.00. The lowest BCUT2D eigenvalue weighted by atomic mass is 10.1. The number of hydrogen-bond acceptors (Lipinski definition) is 3. The number of nitrogen functional groups attached to an aromatic ring is 1. The molecule has 0 saturated carbocycles. The molecule has 0 bridgehead atoms. The largest absolute Gasteiger partial charge is 0.477 e. The number of amidine groups is 1. The molecule has 0 saturated heterocycles. The van der Waals surface area contributed by atoms with E-state index in [-0.39, 0.29) is 5.84 Å². The minimum absolute atomic E-state index is 0.0114. The van der Waals surface area contributed by atoms with Gasteiger partial charge in [-0.1, -0.05) is 13.8 Å². The molecule has 0 atom stereocenters. The molecule has 3 N–H and O–H groups in total. The average molecular weight is 207 g/mol. The Labute approximate surface area is 90.0 Å². The highest BCUT2D eigenvalue weighted by Crippen LogP contribution is 2.14. The van der Waals surface area contributed by atoms with Gasteiger partial charge in [-0.3, -0.25) is 5.41 Å². The van der Waals surface area contributed by atoms with Crippen LogP contribution in [-0.4, -0.2) is 17.4 Å². The van der Waals surface area contributed by atoms with Crippen molar-refractivity contribution in [3.05, 3.63) is 23.9 Å². The summed E-state index contributed by atoms with van der Waals surface area (Å²) in [5.74, 6) is 1.03. The molecular formula is C11H17N3O. The molecule has 0 amide bonds. The molecule has 4 nitrogen and oxygen atoms in total.